The predicted octanol–water partition coefficient (Wildman–Crippen LogP) is 4.11. The van der Waals surface area contributed by atoms with Gasteiger partial charge in [0, 0.05) is 24.0 Å². The third kappa shape index (κ3) is 3.98. The van der Waals surface area contributed by atoms with Gasteiger partial charge in [0.05, 0.1) is 24.0 Å². The van der Waals surface area contributed by atoms with Gasteiger partial charge in [-0.3, -0.25) is 14.4 Å². The quantitative estimate of drug-likeness (QED) is 0.468. The number of aryl methyl sites for hydroxylation is 1. The summed E-state index contributed by atoms with van der Waals surface area (Å²) < 4.78 is 0.570. The monoisotopic (exact) mass is 478 g/mol. The van der Waals surface area contributed by atoms with Gasteiger partial charge in [-0.15, -0.1) is 22.7 Å². The van der Waals surface area contributed by atoms with Crippen LogP contribution >= 0.6 is 22.7 Å². The maximum atomic E-state index is 13.6. The number of carbonyl (C=O) groups excluding carboxylic acids is 2. The minimum atomic E-state index is -0.529. The maximum Gasteiger partial charge on any atom is 0.268 e. The van der Waals surface area contributed by atoms with Gasteiger partial charge in [-0.1, -0.05) is 23.8 Å². The molecular formula is C24H22N4O3S2. The number of hydrogen-bond acceptors (Lipinski definition) is 6. The van der Waals surface area contributed by atoms with Crippen LogP contribution in [0.5, 0.6) is 0 Å². The molecule has 4 heterocycles. The number of rotatable bonds is 5. The molecule has 0 saturated carbocycles. The first-order valence-electron chi connectivity index (χ1n) is 10.6. The molecule has 0 radical (unpaired) electrons. The van der Waals surface area contributed by atoms with Crippen LogP contribution in [0.2, 0.25) is 0 Å². The average molecular weight is 479 g/mol. The summed E-state index contributed by atoms with van der Waals surface area (Å²) in [5.74, 6) is -0.326. The van der Waals surface area contributed by atoms with E-state index in [9.17, 15) is 14.4 Å². The molecule has 1 aliphatic rings. The molecule has 5 rings (SSSR count). The molecule has 9 heteroatoms. The van der Waals surface area contributed by atoms with E-state index in [1.165, 1.54) is 11.3 Å². The van der Waals surface area contributed by atoms with Crippen molar-refractivity contribution in [3.05, 3.63) is 79.8 Å². The summed E-state index contributed by atoms with van der Waals surface area (Å²) in [5.41, 5.74) is 2.31. The van der Waals surface area contributed by atoms with Crippen LogP contribution in [-0.4, -0.2) is 33.7 Å². The van der Waals surface area contributed by atoms with Gasteiger partial charge in [0.15, 0.2) is 0 Å². The number of nitrogens with one attached hydrogen (secondary N) is 1. The summed E-state index contributed by atoms with van der Waals surface area (Å²) >= 11 is 2.88. The van der Waals surface area contributed by atoms with Crippen molar-refractivity contribution in [2.45, 2.75) is 25.9 Å². The van der Waals surface area contributed by atoms with E-state index in [4.69, 9.17) is 0 Å². The number of nitrogens with zero attached hydrogens (tertiary/aromatic N) is 3. The van der Waals surface area contributed by atoms with Crippen LogP contribution in [0.4, 0.5) is 5.69 Å². The first-order chi connectivity index (χ1) is 15.9. The zero-order chi connectivity index (χ0) is 23.1. The van der Waals surface area contributed by atoms with Crippen molar-refractivity contribution in [2.24, 2.45) is 5.92 Å². The number of H-pyrrole nitrogens is 1. The molecule has 2 atom stereocenters. The summed E-state index contributed by atoms with van der Waals surface area (Å²) in [6.45, 7) is 2.16. The molecule has 0 aliphatic carbocycles. The van der Waals surface area contributed by atoms with Gasteiger partial charge in [-0.25, -0.2) is 4.98 Å². The van der Waals surface area contributed by atoms with Crippen molar-refractivity contribution in [3.63, 3.8) is 0 Å². The molecule has 1 fully saturated rings. The average Bonchev–Trinajstić information content (AvgIpc) is 3.53. The third-order valence-electron chi connectivity index (χ3n) is 5.91. The number of thiophene rings is 2. The van der Waals surface area contributed by atoms with Gasteiger partial charge in [0.1, 0.15) is 10.5 Å². The van der Waals surface area contributed by atoms with E-state index in [-0.39, 0.29) is 36.4 Å². The van der Waals surface area contributed by atoms with Crippen molar-refractivity contribution < 1.29 is 9.59 Å². The standard InChI is InChI=1S/C24H22N4O3S2/c1-14-5-7-15(8-6-14)28-20(29)12-16(21(28)18-4-3-10-32-18)24(31)27(2)13-19-25-17-9-11-33-22(17)23(30)26-19/h3-11,16,21H,12-13H2,1-2H3,(H,25,26,30). The maximum absolute atomic E-state index is 13.6. The van der Waals surface area contributed by atoms with E-state index in [2.05, 4.69) is 9.97 Å². The predicted molar refractivity (Wildman–Crippen MR) is 131 cm³/mol. The molecule has 1 N–H and O–H groups in total. The van der Waals surface area contributed by atoms with Gasteiger partial charge in [-0.05, 0) is 41.9 Å². The van der Waals surface area contributed by atoms with Crippen LogP contribution in [0.15, 0.2) is 58.0 Å². The molecule has 0 spiro atoms. The SMILES string of the molecule is Cc1ccc(N2C(=O)CC(C(=O)N(C)Cc3nc4ccsc4c(=O)[nH]3)C2c2cccs2)cc1. The second-order valence-corrected chi connectivity index (χ2v) is 10.1. The summed E-state index contributed by atoms with van der Waals surface area (Å²) in [6, 6.07) is 13.1. The minimum absolute atomic E-state index is 0.0739. The van der Waals surface area contributed by atoms with Crippen molar-refractivity contribution in [3.8, 4) is 0 Å². The fourth-order valence-electron chi connectivity index (χ4n) is 4.33. The molecule has 2 unspecified atom stereocenters. The highest BCUT2D eigenvalue weighted by atomic mass is 32.1. The molecule has 4 aromatic rings. The van der Waals surface area contributed by atoms with E-state index in [0.29, 0.717) is 16.0 Å². The highest BCUT2D eigenvalue weighted by Crippen LogP contribution is 2.43. The van der Waals surface area contributed by atoms with E-state index in [0.717, 1.165) is 16.1 Å². The summed E-state index contributed by atoms with van der Waals surface area (Å²) in [7, 11) is 1.69. The van der Waals surface area contributed by atoms with Gasteiger partial charge >= 0.3 is 0 Å². The van der Waals surface area contributed by atoms with Crippen LogP contribution < -0.4 is 10.5 Å². The van der Waals surface area contributed by atoms with Gasteiger partial charge in [0.25, 0.3) is 5.56 Å². The summed E-state index contributed by atoms with van der Waals surface area (Å²) in [6.07, 6.45) is 0.132. The minimum Gasteiger partial charge on any atom is -0.338 e. The Morgan fingerprint density at radius 3 is 2.67 bits per heavy atom. The van der Waals surface area contributed by atoms with E-state index in [1.807, 2.05) is 54.1 Å². The first-order valence-corrected chi connectivity index (χ1v) is 12.3. The molecular weight excluding hydrogens is 456 g/mol. The second kappa shape index (κ2) is 8.57. The zero-order valence-corrected chi connectivity index (χ0v) is 19.8. The Hall–Kier alpha value is -3.30. The van der Waals surface area contributed by atoms with Crippen LogP contribution in [0.3, 0.4) is 0 Å². The summed E-state index contributed by atoms with van der Waals surface area (Å²) in [4.78, 5) is 50.5. The fraction of sp³-hybridized carbons (Fsp3) is 0.250. The Bertz CT molecular complexity index is 1370. The normalized spacial score (nSPS) is 18.2. The smallest absolute Gasteiger partial charge is 0.268 e. The number of aromatic nitrogens is 2. The lowest BCUT2D eigenvalue weighted by atomic mass is 9.97. The molecule has 2 amide bonds. The fourth-order valence-corrected chi connectivity index (χ4v) is 5.94. The highest BCUT2D eigenvalue weighted by Gasteiger charge is 2.46. The third-order valence-corrected chi connectivity index (χ3v) is 7.76. The molecule has 1 saturated heterocycles. The zero-order valence-electron chi connectivity index (χ0n) is 18.1. The number of anilines is 1. The largest absolute Gasteiger partial charge is 0.338 e. The van der Waals surface area contributed by atoms with Crippen molar-refractivity contribution in [1.82, 2.24) is 14.9 Å². The Labute approximate surface area is 198 Å². The number of benzene rings is 1. The van der Waals surface area contributed by atoms with Crippen LogP contribution in [-0.2, 0) is 16.1 Å². The highest BCUT2D eigenvalue weighted by molar-refractivity contribution is 7.17. The van der Waals surface area contributed by atoms with Crippen LogP contribution in [0.25, 0.3) is 10.2 Å². The Kier molecular flexibility index (Phi) is 5.59. The Morgan fingerprint density at radius 2 is 1.94 bits per heavy atom. The van der Waals surface area contributed by atoms with Crippen molar-refractivity contribution in [1.29, 1.82) is 0 Å². The number of fused-ring (bicyclic) bond motifs is 1. The topological polar surface area (TPSA) is 86.4 Å². The molecule has 3 aromatic heterocycles. The number of carbonyl (C=O) groups is 2. The van der Waals surface area contributed by atoms with E-state index in [1.54, 1.807) is 34.3 Å². The van der Waals surface area contributed by atoms with Gasteiger partial charge < -0.3 is 14.8 Å². The summed E-state index contributed by atoms with van der Waals surface area (Å²) in [5, 5.41) is 3.78. The molecule has 1 aromatic carbocycles. The molecule has 1 aliphatic heterocycles. The lowest BCUT2D eigenvalue weighted by Gasteiger charge is -2.29. The van der Waals surface area contributed by atoms with Gasteiger partial charge in [0.2, 0.25) is 11.8 Å². The Morgan fingerprint density at radius 1 is 1.15 bits per heavy atom. The Balaban J connectivity index is 1.44. The lowest BCUT2D eigenvalue weighted by molar-refractivity contribution is -0.135. The lowest BCUT2D eigenvalue weighted by Crippen LogP contribution is -2.37. The number of aromatic amines is 1. The van der Waals surface area contributed by atoms with Gasteiger partial charge in [-0.2, -0.15) is 0 Å². The van der Waals surface area contributed by atoms with Crippen LogP contribution in [0, 0.1) is 12.8 Å². The van der Waals surface area contributed by atoms with E-state index < -0.39 is 5.92 Å². The van der Waals surface area contributed by atoms with Crippen LogP contribution in [0.1, 0.15) is 28.7 Å². The molecule has 168 valence electrons. The van der Waals surface area contributed by atoms with Crippen molar-refractivity contribution >= 4 is 50.4 Å². The molecule has 33 heavy (non-hydrogen) atoms. The molecule has 7 nitrogen and oxygen atoms in total. The second-order valence-electron chi connectivity index (χ2n) is 8.21. The number of hydrogen-bond donors (Lipinski definition) is 1. The molecule has 0 bridgehead atoms. The number of amides is 2. The van der Waals surface area contributed by atoms with Crippen molar-refractivity contribution in [2.75, 3.05) is 11.9 Å². The first kappa shape index (κ1) is 21.5. The van der Waals surface area contributed by atoms with E-state index >= 15 is 0 Å².